The molecule has 0 radical (unpaired) electrons. The number of alkyl halides is 3. The molecule has 4 N–H and O–H groups in total. The third-order valence-corrected chi connectivity index (χ3v) is 7.95. The molecule has 0 aromatic heterocycles. The van der Waals surface area contributed by atoms with Crippen LogP contribution in [0, 0.1) is 11.6 Å². The minimum Gasteiger partial charge on any atom is -0.481 e. The minimum atomic E-state index is -4.94. The van der Waals surface area contributed by atoms with Crippen LogP contribution in [0.25, 0.3) is 0 Å². The van der Waals surface area contributed by atoms with Crippen LogP contribution in [0.2, 0.25) is 5.02 Å². The molecule has 250 valence electrons. The Bertz CT molecular complexity index is 1680. The molecule has 0 spiro atoms. The third-order valence-electron chi connectivity index (χ3n) is 7.61. The van der Waals surface area contributed by atoms with Crippen LogP contribution in [-0.2, 0) is 11.0 Å². The number of hydrogen-bond acceptors (Lipinski definition) is 4. The van der Waals surface area contributed by atoms with E-state index in [2.05, 4.69) is 16.0 Å². The van der Waals surface area contributed by atoms with Crippen molar-refractivity contribution in [3.8, 4) is 0 Å². The van der Waals surface area contributed by atoms with E-state index in [9.17, 15) is 41.1 Å². The highest BCUT2D eigenvalue weighted by Crippen LogP contribution is 2.40. The van der Waals surface area contributed by atoms with Crippen LogP contribution in [-0.4, -0.2) is 35.3 Å². The SMILES string of the molecule is O=C(O)CCCCCCCCCNC(=O)c1cc(NC(=O)c2cc(F)cc(C(F)(F)F)c2)c2c(c1)C(=O)N[C@@H]2c1cc(F)ccc1Cl. The van der Waals surface area contributed by atoms with E-state index in [1.54, 1.807) is 0 Å². The average molecular weight is 680 g/mol. The molecule has 0 fully saturated rings. The molecule has 1 aliphatic heterocycles. The Morgan fingerprint density at radius 1 is 0.830 bits per heavy atom. The lowest BCUT2D eigenvalue weighted by molar-refractivity contribution is -0.138. The van der Waals surface area contributed by atoms with Gasteiger partial charge in [0.05, 0.1) is 11.6 Å². The second-order valence-electron chi connectivity index (χ2n) is 11.1. The lowest BCUT2D eigenvalue weighted by Gasteiger charge is -2.19. The molecule has 8 nitrogen and oxygen atoms in total. The molecule has 0 saturated carbocycles. The highest BCUT2D eigenvalue weighted by molar-refractivity contribution is 6.31. The number of benzene rings is 3. The Balaban J connectivity index is 1.56. The van der Waals surface area contributed by atoms with E-state index in [1.165, 1.54) is 18.2 Å². The first kappa shape index (κ1) is 35.3. The molecule has 3 amide bonds. The summed E-state index contributed by atoms with van der Waals surface area (Å²) in [7, 11) is 0. The van der Waals surface area contributed by atoms with Crippen LogP contribution in [0.4, 0.5) is 27.6 Å². The van der Waals surface area contributed by atoms with E-state index in [-0.39, 0.29) is 52.0 Å². The first-order valence-electron chi connectivity index (χ1n) is 14.9. The molecule has 14 heteroatoms. The fourth-order valence-electron chi connectivity index (χ4n) is 5.30. The normalized spacial score (nSPS) is 14.0. The fourth-order valence-corrected chi connectivity index (χ4v) is 5.53. The predicted molar refractivity (Wildman–Crippen MR) is 163 cm³/mol. The first-order valence-corrected chi connectivity index (χ1v) is 15.2. The molecule has 0 saturated heterocycles. The van der Waals surface area contributed by atoms with Crippen molar-refractivity contribution in [3.63, 3.8) is 0 Å². The highest BCUT2D eigenvalue weighted by atomic mass is 35.5. The molecular formula is C33H31ClF5N3O5. The van der Waals surface area contributed by atoms with Crippen molar-refractivity contribution in [2.45, 2.75) is 63.6 Å². The molecular weight excluding hydrogens is 649 g/mol. The molecule has 47 heavy (non-hydrogen) atoms. The van der Waals surface area contributed by atoms with Crippen molar-refractivity contribution in [2.24, 2.45) is 0 Å². The van der Waals surface area contributed by atoms with Crippen molar-refractivity contribution in [2.75, 3.05) is 11.9 Å². The van der Waals surface area contributed by atoms with Crippen molar-refractivity contribution in [1.82, 2.24) is 10.6 Å². The summed E-state index contributed by atoms with van der Waals surface area (Å²) in [4.78, 5) is 50.0. The monoisotopic (exact) mass is 679 g/mol. The lowest BCUT2D eigenvalue weighted by atomic mass is 9.94. The molecule has 0 aliphatic carbocycles. The summed E-state index contributed by atoms with van der Waals surface area (Å²) < 4.78 is 68.3. The quantitative estimate of drug-likeness (QED) is 0.103. The van der Waals surface area contributed by atoms with Gasteiger partial charge in [-0.2, -0.15) is 13.2 Å². The third kappa shape index (κ3) is 9.28. The van der Waals surface area contributed by atoms with Crippen molar-refractivity contribution >= 4 is 41.0 Å². The fraction of sp³-hybridized carbons (Fsp3) is 0.333. The molecule has 3 aromatic carbocycles. The van der Waals surface area contributed by atoms with Gasteiger partial charge in [-0.05, 0) is 61.4 Å². The van der Waals surface area contributed by atoms with Gasteiger partial charge in [0.2, 0.25) is 0 Å². The Morgan fingerprint density at radius 3 is 2.17 bits per heavy atom. The maximum absolute atomic E-state index is 14.2. The number of anilines is 1. The number of rotatable bonds is 14. The van der Waals surface area contributed by atoms with Crippen molar-refractivity contribution in [3.05, 3.63) is 98.6 Å². The van der Waals surface area contributed by atoms with E-state index in [1.807, 2.05) is 0 Å². The first-order chi connectivity index (χ1) is 22.2. The Kier molecular flexibility index (Phi) is 11.6. The van der Waals surface area contributed by atoms with Gasteiger partial charge >= 0.3 is 12.1 Å². The average Bonchev–Trinajstić information content (AvgIpc) is 3.34. The number of aliphatic carboxylic acids is 1. The van der Waals surface area contributed by atoms with Crippen molar-refractivity contribution in [1.29, 1.82) is 0 Å². The minimum absolute atomic E-state index is 0.0474. The van der Waals surface area contributed by atoms with Crippen LogP contribution in [0.15, 0.2) is 48.5 Å². The van der Waals surface area contributed by atoms with Gasteiger partial charge < -0.3 is 21.1 Å². The molecule has 4 rings (SSSR count). The standard InChI is InChI=1S/C33H31ClF5N3O5/c34-25-10-9-21(35)17-23(25)29-28-24(32(47)42-29)14-19(30(45)40-11-7-5-3-1-2-4-6-8-27(43)44)15-26(28)41-31(46)18-12-20(33(37,38)39)16-22(36)13-18/h9-10,12-17,29H,1-8,11H2,(H,40,45)(H,41,46)(H,42,47)(H,43,44)/t29-/m1/s1. The number of amides is 3. The van der Waals surface area contributed by atoms with Gasteiger partial charge in [0.15, 0.2) is 0 Å². The zero-order valence-electron chi connectivity index (χ0n) is 24.9. The van der Waals surface area contributed by atoms with E-state index in [4.69, 9.17) is 16.7 Å². The molecule has 3 aromatic rings. The van der Waals surface area contributed by atoms with Gasteiger partial charge in [0, 0.05) is 51.5 Å². The zero-order valence-corrected chi connectivity index (χ0v) is 25.7. The van der Waals surface area contributed by atoms with Gasteiger partial charge in [0.1, 0.15) is 11.6 Å². The number of fused-ring (bicyclic) bond motifs is 1. The number of hydrogen-bond donors (Lipinski definition) is 4. The van der Waals surface area contributed by atoms with Crippen LogP contribution < -0.4 is 16.0 Å². The number of carbonyl (C=O) groups excluding carboxylic acids is 3. The van der Waals surface area contributed by atoms with Crippen LogP contribution in [0.3, 0.4) is 0 Å². The summed E-state index contributed by atoms with van der Waals surface area (Å²) in [6, 6.07) is 6.18. The topological polar surface area (TPSA) is 125 Å². The number of carbonyl (C=O) groups is 4. The van der Waals surface area contributed by atoms with Crippen LogP contribution in [0.1, 0.15) is 105 Å². The second kappa shape index (κ2) is 15.4. The van der Waals surface area contributed by atoms with Gasteiger partial charge in [0.25, 0.3) is 17.7 Å². The largest absolute Gasteiger partial charge is 0.481 e. The number of unbranched alkanes of at least 4 members (excludes halogenated alkanes) is 6. The van der Waals surface area contributed by atoms with Gasteiger partial charge in [-0.1, -0.05) is 43.7 Å². The number of carboxylic acid groups (broad SMARTS) is 1. The van der Waals surface area contributed by atoms with Gasteiger partial charge in [-0.25, -0.2) is 8.78 Å². The lowest BCUT2D eigenvalue weighted by Crippen LogP contribution is -2.25. The maximum atomic E-state index is 14.2. The molecule has 1 atom stereocenters. The Labute approximate surface area is 271 Å². The van der Waals surface area contributed by atoms with Crippen LogP contribution >= 0.6 is 11.6 Å². The van der Waals surface area contributed by atoms with E-state index >= 15 is 0 Å². The van der Waals surface area contributed by atoms with Crippen molar-refractivity contribution < 1.29 is 46.2 Å². The van der Waals surface area contributed by atoms with E-state index < -0.39 is 58.7 Å². The Morgan fingerprint density at radius 2 is 1.49 bits per heavy atom. The summed E-state index contributed by atoms with van der Waals surface area (Å²) in [5, 5.41) is 16.5. The smallest absolute Gasteiger partial charge is 0.416 e. The molecule has 1 aliphatic rings. The second-order valence-corrected chi connectivity index (χ2v) is 11.5. The maximum Gasteiger partial charge on any atom is 0.416 e. The summed E-state index contributed by atoms with van der Waals surface area (Å²) in [5.41, 5.74) is -2.10. The van der Waals surface area contributed by atoms with Crippen LogP contribution in [0.5, 0.6) is 0 Å². The van der Waals surface area contributed by atoms with Gasteiger partial charge in [-0.3, -0.25) is 19.2 Å². The van der Waals surface area contributed by atoms with E-state index in [0.29, 0.717) is 25.0 Å². The highest BCUT2D eigenvalue weighted by Gasteiger charge is 2.36. The number of nitrogens with one attached hydrogen (secondary N) is 3. The molecule has 1 heterocycles. The Hall–Kier alpha value is -4.52. The zero-order chi connectivity index (χ0) is 34.3. The summed E-state index contributed by atoms with van der Waals surface area (Å²) >= 11 is 6.30. The number of halogens is 6. The predicted octanol–water partition coefficient (Wildman–Crippen LogP) is 7.66. The number of carboxylic acids is 1. The van der Waals surface area contributed by atoms with E-state index in [0.717, 1.165) is 44.2 Å². The summed E-state index contributed by atoms with van der Waals surface area (Å²) in [5.74, 6) is -5.22. The van der Waals surface area contributed by atoms with Gasteiger partial charge in [-0.15, -0.1) is 0 Å². The molecule has 0 unspecified atom stereocenters. The molecule has 0 bridgehead atoms. The summed E-state index contributed by atoms with van der Waals surface area (Å²) in [6.07, 6.45) is 0.802. The summed E-state index contributed by atoms with van der Waals surface area (Å²) in [6.45, 7) is 0.286.